The Balaban J connectivity index is 1.63. The zero-order chi connectivity index (χ0) is 18.5. The van der Waals surface area contributed by atoms with Crippen LogP contribution in [0.4, 0.5) is 0 Å². The minimum absolute atomic E-state index is 0.0391. The zero-order valence-corrected chi connectivity index (χ0v) is 16.2. The van der Waals surface area contributed by atoms with E-state index in [0.29, 0.717) is 16.7 Å². The monoisotopic (exact) mass is 387 g/mol. The van der Waals surface area contributed by atoms with E-state index in [4.69, 9.17) is 5.11 Å². The molecule has 3 rings (SSSR count). The summed E-state index contributed by atoms with van der Waals surface area (Å²) in [5.74, 6) is 1.40. The van der Waals surface area contributed by atoms with Crippen molar-refractivity contribution < 1.29 is 14.7 Å². The van der Waals surface area contributed by atoms with Crippen molar-refractivity contribution in [2.24, 2.45) is 0 Å². The van der Waals surface area contributed by atoms with Crippen LogP contribution >= 0.6 is 23.5 Å². The quantitative estimate of drug-likeness (QED) is 0.817. The van der Waals surface area contributed by atoms with Crippen LogP contribution in [0.15, 0.2) is 48.5 Å². The second kappa shape index (κ2) is 8.64. The number of carboxylic acid groups (broad SMARTS) is 1. The van der Waals surface area contributed by atoms with Crippen LogP contribution < -0.4 is 0 Å². The first-order chi connectivity index (χ1) is 12.5. The maximum absolute atomic E-state index is 12.6. The first-order valence-electron chi connectivity index (χ1n) is 8.45. The van der Waals surface area contributed by atoms with Gasteiger partial charge in [0.25, 0.3) is 5.91 Å². The number of benzene rings is 2. The van der Waals surface area contributed by atoms with Crippen LogP contribution in [-0.4, -0.2) is 40.4 Å². The Morgan fingerprint density at radius 1 is 1.00 bits per heavy atom. The lowest BCUT2D eigenvalue weighted by molar-refractivity contribution is 0.0695. The van der Waals surface area contributed by atoms with Crippen molar-refractivity contribution in [1.29, 1.82) is 0 Å². The third-order valence-electron chi connectivity index (χ3n) is 4.22. The average molecular weight is 388 g/mol. The third-order valence-corrected chi connectivity index (χ3v) is 7.24. The van der Waals surface area contributed by atoms with Crippen molar-refractivity contribution in [1.82, 2.24) is 4.90 Å². The zero-order valence-electron chi connectivity index (χ0n) is 14.6. The maximum atomic E-state index is 12.6. The van der Waals surface area contributed by atoms with Gasteiger partial charge in [0.1, 0.15) is 0 Å². The highest BCUT2D eigenvalue weighted by Crippen LogP contribution is 2.43. The molecule has 1 amide bonds. The maximum Gasteiger partial charge on any atom is 0.335 e. The van der Waals surface area contributed by atoms with E-state index < -0.39 is 5.97 Å². The van der Waals surface area contributed by atoms with Crippen molar-refractivity contribution in [3.8, 4) is 0 Å². The number of nitrogens with zero attached hydrogens (tertiary/aromatic N) is 1. The molecule has 136 valence electrons. The molecule has 1 N–H and O–H groups in total. The van der Waals surface area contributed by atoms with Crippen LogP contribution in [0.2, 0.25) is 0 Å². The number of rotatable bonds is 5. The number of amides is 1. The molecule has 0 aliphatic carbocycles. The lowest BCUT2D eigenvalue weighted by Crippen LogP contribution is -2.26. The minimum atomic E-state index is -0.949. The largest absolute Gasteiger partial charge is 0.478 e. The summed E-state index contributed by atoms with van der Waals surface area (Å²) in [5, 5.41) is 8.94. The second-order valence-corrected chi connectivity index (χ2v) is 8.94. The molecular weight excluding hydrogens is 366 g/mol. The number of carbonyl (C=O) groups excluding carboxylic acids is 1. The highest BCUT2D eigenvalue weighted by atomic mass is 32.2. The Morgan fingerprint density at radius 2 is 1.58 bits per heavy atom. The van der Waals surface area contributed by atoms with Crippen LogP contribution in [0.1, 0.15) is 42.8 Å². The fourth-order valence-electron chi connectivity index (χ4n) is 2.78. The first-order valence-corrected chi connectivity index (χ1v) is 10.6. The summed E-state index contributed by atoms with van der Waals surface area (Å²) in [6, 6.07) is 14.5. The fourth-order valence-corrected chi connectivity index (χ4v) is 5.68. The number of aromatic carboxylic acids is 1. The predicted octanol–water partition coefficient (Wildman–Crippen LogP) is 4.53. The molecule has 6 heteroatoms. The number of hydrogen-bond acceptors (Lipinski definition) is 4. The molecule has 1 saturated heterocycles. The molecule has 2 aromatic rings. The molecule has 4 nitrogen and oxygen atoms in total. The number of hydrogen-bond donors (Lipinski definition) is 1. The summed E-state index contributed by atoms with van der Waals surface area (Å²) < 4.78 is 0.471. The van der Waals surface area contributed by atoms with Crippen LogP contribution in [0.25, 0.3) is 0 Å². The first kappa shape index (κ1) is 18.9. The van der Waals surface area contributed by atoms with Crippen molar-refractivity contribution in [2.45, 2.75) is 17.5 Å². The standard InChI is InChI=1S/C20H21NO3S2/c1-21(13-14-3-5-16(6-4-14)19(23)24)18(22)15-7-9-17(10-8-15)20-25-11-2-12-26-20/h3-10,20H,2,11-13H2,1H3,(H,23,24). The van der Waals surface area contributed by atoms with Crippen LogP contribution in [0.3, 0.4) is 0 Å². The van der Waals surface area contributed by atoms with Crippen molar-refractivity contribution in [2.75, 3.05) is 18.6 Å². The van der Waals surface area contributed by atoms with E-state index >= 15 is 0 Å². The molecule has 0 spiro atoms. The van der Waals surface area contributed by atoms with Crippen molar-refractivity contribution >= 4 is 35.4 Å². The van der Waals surface area contributed by atoms with E-state index in [-0.39, 0.29) is 11.5 Å². The molecular formula is C20H21NO3S2. The van der Waals surface area contributed by atoms with Gasteiger partial charge in [0.2, 0.25) is 0 Å². The van der Waals surface area contributed by atoms with Gasteiger partial charge in [0, 0.05) is 19.2 Å². The lowest BCUT2D eigenvalue weighted by Gasteiger charge is -2.22. The van der Waals surface area contributed by atoms with Gasteiger partial charge in [-0.25, -0.2) is 4.79 Å². The molecule has 0 saturated carbocycles. The Bertz CT molecular complexity index is 769. The van der Waals surface area contributed by atoms with Gasteiger partial charge < -0.3 is 10.0 Å². The lowest BCUT2D eigenvalue weighted by atomic mass is 10.1. The molecule has 1 aliphatic rings. The highest BCUT2D eigenvalue weighted by Gasteiger charge is 2.18. The highest BCUT2D eigenvalue weighted by molar-refractivity contribution is 8.16. The molecule has 0 aromatic heterocycles. The molecule has 1 fully saturated rings. The Hall–Kier alpha value is -1.92. The minimum Gasteiger partial charge on any atom is -0.478 e. The molecule has 2 aromatic carbocycles. The van der Waals surface area contributed by atoms with Gasteiger partial charge in [-0.05, 0) is 53.3 Å². The summed E-state index contributed by atoms with van der Waals surface area (Å²) in [4.78, 5) is 25.2. The van der Waals surface area contributed by atoms with E-state index in [2.05, 4.69) is 12.1 Å². The van der Waals surface area contributed by atoms with E-state index in [1.54, 1.807) is 36.2 Å². The van der Waals surface area contributed by atoms with E-state index in [1.165, 1.54) is 23.5 Å². The fraction of sp³-hybridized carbons (Fsp3) is 0.300. The Morgan fingerprint density at radius 3 is 2.15 bits per heavy atom. The molecule has 0 bridgehead atoms. The molecule has 26 heavy (non-hydrogen) atoms. The summed E-state index contributed by atoms with van der Waals surface area (Å²) in [7, 11) is 1.76. The van der Waals surface area contributed by atoms with Crippen molar-refractivity contribution in [3.05, 3.63) is 70.8 Å². The smallest absolute Gasteiger partial charge is 0.335 e. The molecule has 0 atom stereocenters. The van der Waals surface area contributed by atoms with Crippen LogP contribution in [-0.2, 0) is 6.54 Å². The second-order valence-electron chi connectivity index (χ2n) is 6.21. The molecule has 0 unspecified atom stereocenters. The molecule has 1 heterocycles. The van der Waals surface area contributed by atoms with Crippen molar-refractivity contribution in [3.63, 3.8) is 0 Å². The van der Waals surface area contributed by atoms with Gasteiger partial charge in [-0.1, -0.05) is 24.3 Å². The topological polar surface area (TPSA) is 57.6 Å². The number of carboxylic acids is 1. The summed E-state index contributed by atoms with van der Waals surface area (Å²) in [6.07, 6.45) is 1.26. The summed E-state index contributed by atoms with van der Waals surface area (Å²) in [6.45, 7) is 0.439. The predicted molar refractivity (Wildman–Crippen MR) is 108 cm³/mol. The van der Waals surface area contributed by atoms with Gasteiger partial charge in [-0.3, -0.25) is 4.79 Å². The van der Waals surface area contributed by atoms with Gasteiger partial charge in [-0.2, -0.15) is 0 Å². The average Bonchev–Trinajstić information content (AvgIpc) is 2.68. The molecule has 1 aliphatic heterocycles. The van der Waals surface area contributed by atoms with Crippen LogP contribution in [0.5, 0.6) is 0 Å². The van der Waals surface area contributed by atoms with E-state index in [1.807, 2.05) is 35.7 Å². The van der Waals surface area contributed by atoms with Gasteiger partial charge in [0.15, 0.2) is 0 Å². The van der Waals surface area contributed by atoms with E-state index in [0.717, 1.165) is 5.56 Å². The van der Waals surface area contributed by atoms with Gasteiger partial charge >= 0.3 is 5.97 Å². The van der Waals surface area contributed by atoms with Gasteiger partial charge in [0.05, 0.1) is 10.1 Å². The Labute approximate surface area is 162 Å². The van der Waals surface area contributed by atoms with Crippen LogP contribution in [0, 0.1) is 0 Å². The number of thioether (sulfide) groups is 2. The SMILES string of the molecule is CN(Cc1ccc(C(=O)O)cc1)C(=O)c1ccc(C2SCCCS2)cc1. The normalized spacial score (nSPS) is 14.8. The van der Waals surface area contributed by atoms with Gasteiger partial charge in [-0.15, -0.1) is 23.5 Å². The van der Waals surface area contributed by atoms with E-state index in [9.17, 15) is 9.59 Å². The molecule has 0 radical (unpaired) electrons. The number of carbonyl (C=O) groups is 2. The summed E-state index contributed by atoms with van der Waals surface area (Å²) in [5.41, 5.74) is 3.08. The summed E-state index contributed by atoms with van der Waals surface area (Å²) >= 11 is 3.94. The Kier molecular flexibility index (Phi) is 6.27. The third kappa shape index (κ3) is 4.62.